The molecule has 0 fully saturated rings. The van der Waals surface area contributed by atoms with Gasteiger partial charge in [-0.15, -0.1) is 0 Å². The van der Waals surface area contributed by atoms with Crippen molar-refractivity contribution < 1.29 is 14.3 Å². The number of methoxy groups -OCH3 is 1. The zero-order valence-electron chi connectivity index (χ0n) is 16.0. The van der Waals surface area contributed by atoms with Crippen LogP contribution in [0.3, 0.4) is 0 Å². The van der Waals surface area contributed by atoms with Gasteiger partial charge in [0.1, 0.15) is 0 Å². The largest absolute Gasteiger partial charge is 0.493 e. The van der Waals surface area contributed by atoms with Crippen LogP contribution in [0.2, 0.25) is 0 Å². The molecule has 0 N–H and O–H groups in total. The van der Waals surface area contributed by atoms with E-state index in [2.05, 4.69) is 28.1 Å². The molecule has 0 aliphatic carbocycles. The molecule has 2 aromatic rings. The Morgan fingerprint density at radius 1 is 1.18 bits per heavy atom. The third-order valence-electron chi connectivity index (χ3n) is 5.43. The van der Waals surface area contributed by atoms with Crippen LogP contribution in [0.15, 0.2) is 48.7 Å². The van der Waals surface area contributed by atoms with Gasteiger partial charge in [0.15, 0.2) is 11.5 Å². The van der Waals surface area contributed by atoms with Gasteiger partial charge >= 0.3 is 0 Å². The molecular weight excluding hydrogens is 418 g/mol. The molecule has 146 valence electrons. The average molecular weight is 442 g/mol. The molecular formula is C23H24BrNO3. The molecule has 0 aromatic heterocycles. The lowest BCUT2D eigenvalue weighted by molar-refractivity contribution is 0.0788. The third kappa shape index (κ3) is 3.68. The molecule has 4 nitrogen and oxygen atoms in total. The van der Waals surface area contributed by atoms with E-state index in [0.29, 0.717) is 12.4 Å². The van der Waals surface area contributed by atoms with Gasteiger partial charge in [-0.3, -0.25) is 4.79 Å². The van der Waals surface area contributed by atoms with Gasteiger partial charge < -0.3 is 14.4 Å². The summed E-state index contributed by atoms with van der Waals surface area (Å²) in [7, 11) is 1.62. The van der Waals surface area contributed by atoms with E-state index in [0.717, 1.165) is 47.9 Å². The number of hydrogen-bond donors (Lipinski definition) is 0. The predicted molar refractivity (Wildman–Crippen MR) is 114 cm³/mol. The number of carbonyl (C=O) groups excluding carboxylic acids is 1. The summed E-state index contributed by atoms with van der Waals surface area (Å²) in [4.78, 5) is 15.2. The monoisotopic (exact) mass is 441 g/mol. The molecule has 4 rings (SSSR count). The number of aryl methyl sites for hydroxylation is 1. The zero-order chi connectivity index (χ0) is 19.5. The summed E-state index contributed by atoms with van der Waals surface area (Å²) in [6.45, 7) is 0.617. The maximum atomic E-state index is 13.3. The van der Waals surface area contributed by atoms with E-state index >= 15 is 0 Å². The van der Waals surface area contributed by atoms with Crippen molar-refractivity contribution in [1.29, 1.82) is 0 Å². The first-order valence-electron chi connectivity index (χ1n) is 9.69. The topological polar surface area (TPSA) is 38.8 Å². The number of halogens is 1. The molecule has 1 atom stereocenters. The number of nitrogens with zero attached hydrogens (tertiary/aromatic N) is 1. The summed E-state index contributed by atoms with van der Waals surface area (Å²) in [5, 5.41) is 0.894. The summed E-state index contributed by atoms with van der Waals surface area (Å²) < 4.78 is 11.4. The predicted octanol–water partition coefficient (Wildman–Crippen LogP) is 5.06. The van der Waals surface area contributed by atoms with Gasteiger partial charge in [-0.25, -0.2) is 0 Å². The highest BCUT2D eigenvalue weighted by Gasteiger charge is 2.34. The Morgan fingerprint density at radius 2 is 2.00 bits per heavy atom. The van der Waals surface area contributed by atoms with Gasteiger partial charge in [0.2, 0.25) is 0 Å². The van der Waals surface area contributed by atoms with Crippen LogP contribution in [0.5, 0.6) is 11.5 Å². The molecule has 0 saturated carbocycles. The normalized spacial score (nSPS) is 18.2. The number of carbonyl (C=O) groups is 1. The van der Waals surface area contributed by atoms with Gasteiger partial charge in [-0.05, 0) is 54.5 Å². The minimum Gasteiger partial charge on any atom is -0.493 e. The molecule has 0 saturated heterocycles. The van der Waals surface area contributed by atoms with E-state index in [1.807, 2.05) is 41.4 Å². The number of rotatable bonds is 6. The summed E-state index contributed by atoms with van der Waals surface area (Å²) in [6.07, 6.45) is 5.65. The van der Waals surface area contributed by atoms with Crippen LogP contribution in [0.4, 0.5) is 0 Å². The van der Waals surface area contributed by atoms with Crippen LogP contribution < -0.4 is 9.47 Å². The molecule has 5 heteroatoms. The van der Waals surface area contributed by atoms with Crippen LogP contribution in [0, 0.1) is 0 Å². The Morgan fingerprint density at radius 3 is 2.75 bits per heavy atom. The lowest BCUT2D eigenvalue weighted by Crippen LogP contribution is -2.31. The second kappa shape index (κ2) is 8.39. The fraction of sp³-hybridized carbons (Fsp3) is 0.348. The highest BCUT2D eigenvalue weighted by atomic mass is 79.9. The van der Waals surface area contributed by atoms with Crippen molar-refractivity contribution in [1.82, 2.24) is 4.90 Å². The minimum absolute atomic E-state index is 0.0498. The fourth-order valence-electron chi connectivity index (χ4n) is 3.97. The van der Waals surface area contributed by atoms with Crippen molar-refractivity contribution in [2.45, 2.75) is 31.7 Å². The summed E-state index contributed by atoms with van der Waals surface area (Å²) in [5.41, 5.74) is 4.18. The van der Waals surface area contributed by atoms with Gasteiger partial charge in [0.05, 0.1) is 13.7 Å². The van der Waals surface area contributed by atoms with Crippen molar-refractivity contribution in [2.75, 3.05) is 19.0 Å². The Bertz CT molecular complexity index is 894. The maximum absolute atomic E-state index is 13.3. The van der Waals surface area contributed by atoms with Crippen LogP contribution >= 0.6 is 15.9 Å². The second-order valence-electron chi connectivity index (χ2n) is 7.18. The molecule has 2 aliphatic heterocycles. The van der Waals surface area contributed by atoms with E-state index in [1.165, 1.54) is 11.1 Å². The lowest BCUT2D eigenvalue weighted by atomic mass is 9.97. The van der Waals surface area contributed by atoms with Crippen molar-refractivity contribution in [3.05, 3.63) is 65.4 Å². The molecule has 0 unspecified atom stereocenters. The van der Waals surface area contributed by atoms with E-state index in [4.69, 9.17) is 9.47 Å². The maximum Gasteiger partial charge on any atom is 0.258 e. The number of amides is 1. The number of alkyl halides is 1. The van der Waals surface area contributed by atoms with E-state index < -0.39 is 0 Å². The van der Waals surface area contributed by atoms with E-state index in [9.17, 15) is 4.79 Å². The summed E-state index contributed by atoms with van der Waals surface area (Å²) in [6, 6.07) is 14.4. The Hall–Kier alpha value is -2.27. The van der Waals surface area contributed by atoms with Crippen molar-refractivity contribution in [3.63, 3.8) is 0 Å². The number of hydrogen-bond acceptors (Lipinski definition) is 3. The molecule has 2 aromatic carbocycles. The van der Waals surface area contributed by atoms with Crippen molar-refractivity contribution in [2.24, 2.45) is 0 Å². The van der Waals surface area contributed by atoms with Crippen molar-refractivity contribution in [3.8, 4) is 11.5 Å². The van der Waals surface area contributed by atoms with Gasteiger partial charge in [0, 0.05) is 23.1 Å². The minimum atomic E-state index is 0.0498. The first kappa shape index (κ1) is 19.1. The zero-order valence-corrected chi connectivity index (χ0v) is 17.6. The highest BCUT2D eigenvalue weighted by molar-refractivity contribution is 9.09. The molecule has 1 amide bonds. The van der Waals surface area contributed by atoms with Crippen LogP contribution in [0.1, 0.15) is 40.7 Å². The molecule has 28 heavy (non-hydrogen) atoms. The van der Waals surface area contributed by atoms with Crippen LogP contribution in [0.25, 0.3) is 5.57 Å². The fourth-order valence-corrected chi connectivity index (χ4v) is 4.20. The SMILES string of the molecule is COc1cc2c(cc1OCCCBr)CC[C@@H]1CC(c3ccccc3)=CN1C2=O. The smallest absolute Gasteiger partial charge is 0.258 e. The van der Waals surface area contributed by atoms with Gasteiger partial charge in [0.25, 0.3) is 5.91 Å². The first-order chi connectivity index (χ1) is 13.7. The Kier molecular flexibility index (Phi) is 5.72. The molecule has 0 spiro atoms. The molecule has 2 aliphatic rings. The van der Waals surface area contributed by atoms with Gasteiger partial charge in [-0.2, -0.15) is 0 Å². The van der Waals surface area contributed by atoms with E-state index in [1.54, 1.807) is 7.11 Å². The van der Waals surface area contributed by atoms with Crippen molar-refractivity contribution >= 4 is 27.4 Å². The summed E-state index contributed by atoms with van der Waals surface area (Å²) in [5.74, 6) is 1.39. The average Bonchev–Trinajstić information content (AvgIpc) is 3.12. The number of fused-ring (bicyclic) bond motifs is 2. The molecule has 0 radical (unpaired) electrons. The first-order valence-corrected chi connectivity index (χ1v) is 10.8. The Labute approximate surface area is 174 Å². The number of ether oxygens (including phenoxy) is 2. The second-order valence-corrected chi connectivity index (χ2v) is 7.97. The quantitative estimate of drug-likeness (QED) is 0.464. The lowest BCUT2D eigenvalue weighted by Gasteiger charge is -2.21. The molecule has 2 heterocycles. The standard InChI is InChI=1S/C23H24BrNO3/c1-27-21-14-20-17(13-22(21)28-11-5-10-24)8-9-19-12-18(15-25(19)23(20)26)16-6-3-2-4-7-16/h2-4,6-7,13-15,19H,5,8-12H2,1H3/t19-/m1/s1. The highest BCUT2D eigenvalue weighted by Crippen LogP contribution is 2.39. The number of benzene rings is 2. The Balaban J connectivity index is 1.64. The van der Waals surface area contributed by atoms with E-state index in [-0.39, 0.29) is 11.9 Å². The van der Waals surface area contributed by atoms with Gasteiger partial charge in [-0.1, -0.05) is 46.3 Å². The third-order valence-corrected chi connectivity index (χ3v) is 5.99. The van der Waals surface area contributed by atoms with Crippen LogP contribution in [-0.2, 0) is 6.42 Å². The molecule has 0 bridgehead atoms. The summed E-state index contributed by atoms with van der Waals surface area (Å²) >= 11 is 3.42. The van der Waals surface area contributed by atoms with Crippen LogP contribution in [-0.4, -0.2) is 35.9 Å².